The summed E-state index contributed by atoms with van der Waals surface area (Å²) in [7, 11) is 0. The molecule has 6 heteroatoms. The van der Waals surface area contributed by atoms with Gasteiger partial charge in [0.05, 0.1) is 17.7 Å². The fraction of sp³-hybridized carbons (Fsp3) is 0.176. The molecule has 3 rings (SSSR count). The predicted octanol–water partition coefficient (Wildman–Crippen LogP) is 2.49. The molecule has 2 aromatic rings. The van der Waals surface area contributed by atoms with Crippen molar-refractivity contribution in [3.63, 3.8) is 0 Å². The molecule has 0 fully saturated rings. The number of halogens is 1. The smallest absolute Gasteiger partial charge is 0.261 e. The molecule has 2 amide bonds. The van der Waals surface area contributed by atoms with E-state index in [2.05, 4.69) is 15.9 Å². The average molecular weight is 376 g/mol. The van der Waals surface area contributed by atoms with Crippen molar-refractivity contribution in [2.45, 2.75) is 6.10 Å². The topological polar surface area (TPSA) is 66.8 Å². The number of benzene rings is 2. The Kier molecular flexibility index (Phi) is 4.45. The Morgan fingerprint density at radius 2 is 1.57 bits per heavy atom. The maximum Gasteiger partial charge on any atom is 0.261 e. The molecule has 0 saturated heterocycles. The van der Waals surface area contributed by atoms with E-state index in [4.69, 9.17) is 4.74 Å². The molecule has 118 valence electrons. The lowest BCUT2D eigenvalue weighted by Gasteiger charge is -2.18. The summed E-state index contributed by atoms with van der Waals surface area (Å²) in [6.45, 7) is -0.0993. The highest BCUT2D eigenvalue weighted by atomic mass is 79.9. The molecule has 1 aliphatic heterocycles. The number of β-amino-alcohol motifs (C(OH)–C–C–N with tert-alkyl or cyclic N) is 1. The number of rotatable bonds is 5. The molecule has 0 radical (unpaired) electrons. The van der Waals surface area contributed by atoms with Crippen LogP contribution in [0.5, 0.6) is 5.75 Å². The molecular formula is C17H14BrNO4. The van der Waals surface area contributed by atoms with Gasteiger partial charge in [-0.15, -0.1) is 0 Å². The van der Waals surface area contributed by atoms with E-state index in [1.54, 1.807) is 36.4 Å². The van der Waals surface area contributed by atoms with E-state index in [-0.39, 0.29) is 25.0 Å². The molecule has 23 heavy (non-hydrogen) atoms. The van der Waals surface area contributed by atoms with Gasteiger partial charge in [0.2, 0.25) is 0 Å². The number of hydrogen-bond donors (Lipinski definition) is 1. The molecule has 0 aromatic heterocycles. The number of hydrogen-bond acceptors (Lipinski definition) is 4. The molecule has 1 aliphatic rings. The molecule has 0 saturated carbocycles. The first-order valence-corrected chi connectivity index (χ1v) is 7.87. The summed E-state index contributed by atoms with van der Waals surface area (Å²) in [6, 6.07) is 13.8. The van der Waals surface area contributed by atoms with Crippen LogP contribution in [-0.4, -0.2) is 41.1 Å². The van der Waals surface area contributed by atoms with Crippen molar-refractivity contribution in [2.75, 3.05) is 13.2 Å². The first-order chi connectivity index (χ1) is 11.1. The summed E-state index contributed by atoms with van der Waals surface area (Å²) < 4.78 is 6.39. The summed E-state index contributed by atoms with van der Waals surface area (Å²) in [5.74, 6) is -0.156. The van der Waals surface area contributed by atoms with Crippen molar-refractivity contribution in [1.82, 2.24) is 4.90 Å². The minimum Gasteiger partial charge on any atom is -0.491 e. The predicted molar refractivity (Wildman–Crippen MR) is 87.5 cm³/mol. The van der Waals surface area contributed by atoms with E-state index in [9.17, 15) is 14.7 Å². The van der Waals surface area contributed by atoms with Gasteiger partial charge >= 0.3 is 0 Å². The maximum absolute atomic E-state index is 12.2. The number of carbonyl (C=O) groups is 2. The zero-order valence-corrected chi connectivity index (χ0v) is 13.7. The lowest BCUT2D eigenvalue weighted by Crippen LogP contribution is -2.39. The number of aliphatic hydroxyl groups is 1. The van der Waals surface area contributed by atoms with E-state index in [1.165, 1.54) is 0 Å². The van der Waals surface area contributed by atoms with E-state index in [0.29, 0.717) is 16.9 Å². The summed E-state index contributed by atoms with van der Waals surface area (Å²) in [5.41, 5.74) is 0.747. The molecule has 1 heterocycles. The highest BCUT2D eigenvalue weighted by Gasteiger charge is 2.36. The van der Waals surface area contributed by atoms with Crippen LogP contribution in [0.25, 0.3) is 0 Å². The van der Waals surface area contributed by atoms with Gasteiger partial charge in [-0.1, -0.05) is 28.1 Å². The molecule has 0 aliphatic carbocycles. The monoisotopic (exact) mass is 375 g/mol. The number of aliphatic hydroxyl groups excluding tert-OH is 1. The molecule has 5 nitrogen and oxygen atoms in total. The van der Waals surface area contributed by atoms with Crippen molar-refractivity contribution < 1.29 is 19.4 Å². The Hall–Kier alpha value is -2.18. The lowest BCUT2D eigenvalue weighted by molar-refractivity contribution is 0.0457. The van der Waals surface area contributed by atoms with Gasteiger partial charge in [0, 0.05) is 4.47 Å². The van der Waals surface area contributed by atoms with Crippen molar-refractivity contribution in [2.24, 2.45) is 0 Å². The minimum atomic E-state index is -0.958. The van der Waals surface area contributed by atoms with Crippen LogP contribution in [0.15, 0.2) is 53.0 Å². The van der Waals surface area contributed by atoms with Crippen LogP contribution in [0.3, 0.4) is 0 Å². The Morgan fingerprint density at radius 1 is 1.00 bits per heavy atom. The number of nitrogens with zero attached hydrogens (tertiary/aromatic N) is 1. The Balaban J connectivity index is 1.60. The molecule has 1 atom stereocenters. The van der Waals surface area contributed by atoms with E-state index in [0.717, 1.165) is 9.37 Å². The fourth-order valence-electron chi connectivity index (χ4n) is 2.39. The van der Waals surface area contributed by atoms with Gasteiger partial charge < -0.3 is 9.84 Å². The van der Waals surface area contributed by atoms with Crippen LogP contribution < -0.4 is 4.74 Å². The third-order valence-corrected chi connectivity index (χ3v) is 4.06. The Labute approximate surface area is 141 Å². The third kappa shape index (κ3) is 3.28. The molecule has 0 spiro atoms. The number of ether oxygens (including phenoxy) is 1. The van der Waals surface area contributed by atoms with Crippen molar-refractivity contribution in [3.05, 3.63) is 64.1 Å². The average Bonchev–Trinajstić information content (AvgIpc) is 2.80. The number of carbonyl (C=O) groups excluding carboxylic acids is 2. The molecule has 2 aromatic carbocycles. The third-order valence-electron chi connectivity index (χ3n) is 3.53. The van der Waals surface area contributed by atoms with Gasteiger partial charge in [-0.25, -0.2) is 0 Å². The molecule has 1 N–H and O–H groups in total. The fourth-order valence-corrected chi connectivity index (χ4v) is 2.66. The maximum atomic E-state index is 12.2. The van der Waals surface area contributed by atoms with Crippen LogP contribution in [0.2, 0.25) is 0 Å². The van der Waals surface area contributed by atoms with E-state index < -0.39 is 6.10 Å². The van der Waals surface area contributed by atoms with Gasteiger partial charge in [0.15, 0.2) is 0 Å². The van der Waals surface area contributed by atoms with Crippen LogP contribution in [0.1, 0.15) is 20.7 Å². The van der Waals surface area contributed by atoms with Crippen LogP contribution >= 0.6 is 15.9 Å². The number of imide groups is 1. The number of amides is 2. The van der Waals surface area contributed by atoms with Crippen LogP contribution in [0.4, 0.5) is 0 Å². The zero-order valence-electron chi connectivity index (χ0n) is 12.1. The minimum absolute atomic E-state index is 0.00492. The normalized spacial score (nSPS) is 14.8. The first kappa shape index (κ1) is 15.7. The van der Waals surface area contributed by atoms with Gasteiger partial charge in [0.25, 0.3) is 11.8 Å². The summed E-state index contributed by atoms with van der Waals surface area (Å²) >= 11 is 3.32. The second kappa shape index (κ2) is 6.52. The van der Waals surface area contributed by atoms with E-state index >= 15 is 0 Å². The second-order valence-electron chi connectivity index (χ2n) is 5.19. The summed E-state index contributed by atoms with van der Waals surface area (Å²) in [4.78, 5) is 25.5. The van der Waals surface area contributed by atoms with Crippen LogP contribution in [0, 0.1) is 0 Å². The Morgan fingerprint density at radius 3 is 2.13 bits per heavy atom. The number of fused-ring (bicyclic) bond motifs is 1. The van der Waals surface area contributed by atoms with Gasteiger partial charge in [-0.05, 0) is 36.4 Å². The van der Waals surface area contributed by atoms with Crippen molar-refractivity contribution in [3.8, 4) is 5.75 Å². The summed E-state index contributed by atoms with van der Waals surface area (Å²) in [6.07, 6.45) is -0.958. The largest absolute Gasteiger partial charge is 0.491 e. The highest BCUT2D eigenvalue weighted by molar-refractivity contribution is 9.10. The van der Waals surface area contributed by atoms with Gasteiger partial charge in [-0.3, -0.25) is 14.5 Å². The lowest BCUT2D eigenvalue weighted by atomic mass is 10.1. The zero-order chi connectivity index (χ0) is 16.4. The molecular weight excluding hydrogens is 362 g/mol. The second-order valence-corrected chi connectivity index (χ2v) is 6.10. The standard InChI is InChI=1S/C17H14BrNO4/c18-11-5-7-13(8-6-11)23-10-12(20)9-19-16(21)14-3-1-2-4-15(14)17(19)22/h1-8,12,20H,9-10H2/t12-/m0/s1. The van der Waals surface area contributed by atoms with Gasteiger partial charge in [-0.2, -0.15) is 0 Å². The van der Waals surface area contributed by atoms with Crippen molar-refractivity contribution >= 4 is 27.7 Å². The quantitative estimate of drug-likeness (QED) is 0.815. The molecule has 0 bridgehead atoms. The van der Waals surface area contributed by atoms with E-state index in [1.807, 2.05) is 12.1 Å². The SMILES string of the molecule is O=C1c2ccccc2C(=O)N1C[C@H](O)COc1ccc(Br)cc1. The van der Waals surface area contributed by atoms with Gasteiger partial charge in [0.1, 0.15) is 18.5 Å². The molecule has 0 unspecified atom stereocenters. The summed E-state index contributed by atoms with van der Waals surface area (Å²) in [5, 5.41) is 10.1. The Bertz CT molecular complexity index is 710. The van der Waals surface area contributed by atoms with Crippen molar-refractivity contribution in [1.29, 1.82) is 0 Å². The highest BCUT2D eigenvalue weighted by Crippen LogP contribution is 2.22. The first-order valence-electron chi connectivity index (χ1n) is 7.08. The van der Waals surface area contributed by atoms with Crippen LogP contribution in [-0.2, 0) is 0 Å².